The summed E-state index contributed by atoms with van der Waals surface area (Å²) in [6.07, 6.45) is 1.23. The Bertz CT molecular complexity index is 2070. The van der Waals surface area contributed by atoms with E-state index in [2.05, 4.69) is 21.3 Å². The molecule has 0 aliphatic carbocycles. The predicted molar refractivity (Wildman–Crippen MR) is 219 cm³/mol. The topological polar surface area (TPSA) is 189 Å². The van der Waals surface area contributed by atoms with Crippen LogP contribution in [-0.2, 0) is 19.2 Å². The molecule has 0 aliphatic rings. The number of pyridine rings is 2. The van der Waals surface area contributed by atoms with Crippen LogP contribution in [0.5, 0.6) is 0 Å². The molecule has 2 amide bonds. The zero-order valence-corrected chi connectivity index (χ0v) is 31.0. The summed E-state index contributed by atoms with van der Waals surface area (Å²) in [4.78, 5) is 61.3. The van der Waals surface area contributed by atoms with Gasteiger partial charge in [0.15, 0.2) is 0 Å². The highest BCUT2D eigenvalue weighted by Crippen LogP contribution is 2.31. The molecule has 0 bridgehead atoms. The van der Waals surface area contributed by atoms with Gasteiger partial charge in [-0.05, 0) is 37.1 Å². The lowest BCUT2D eigenvalue weighted by Crippen LogP contribution is -2.46. The number of nitrogens with zero attached hydrogens (tertiary/aromatic N) is 4. The maximum atomic E-state index is 12.9. The van der Waals surface area contributed by atoms with Crippen molar-refractivity contribution in [2.24, 2.45) is 0 Å². The van der Waals surface area contributed by atoms with Gasteiger partial charge in [-0.25, -0.2) is 9.97 Å². The maximum Gasteiger partial charge on any atom is 0.317 e. The Kier molecular flexibility index (Phi) is 13.5. The van der Waals surface area contributed by atoms with Crippen LogP contribution in [0.1, 0.15) is 12.8 Å². The standard InChI is InChI=1S/C42H46N8O6/c51-37(43-19-9-21-45-41-29-11-1-5-15-33(29)47-34-16-6-2-12-30(34)41)25-49(27-39(53)54)23-24-50(28-40(55)56)26-38(52)44-20-10-22-46-42-31-13-3-7-17-35(31)48-36-18-8-4-14-32(36)42/h1-8,11-18H,9-10,19-28H2,(H,43,51)(H,44,52)(H,45,47)(H,46,48)(H,53,54)(H,55,56). The van der Waals surface area contributed by atoms with Crippen molar-refractivity contribution in [2.75, 3.05) is 76.1 Å². The minimum Gasteiger partial charge on any atom is -0.480 e. The molecule has 2 heterocycles. The van der Waals surface area contributed by atoms with E-state index in [1.165, 1.54) is 9.80 Å². The number of carboxylic acids is 2. The van der Waals surface area contributed by atoms with E-state index in [1.54, 1.807) is 0 Å². The summed E-state index contributed by atoms with van der Waals surface area (Å²) in [6.45, 7) is 0.817. The zero-order valence-electron chi connectivity index (χ0n) is 31.0. The van der Waals surface area contributed by atoms with Crippen LogP contribution in [0.4, 0.5) is 11.4 Å². The molecule has 4 aromatic carbocycles. The van der Waals surface area contributed by atoms with Gasteiger partial charge in [-0.15, -0.1) is 0 Å². The van der Waals surface area contributed by atoms with Crippen LogP contribution in [0, 0.1) is 0 Å². The van der Waals surface area contributed by atoms with E-state index < -0.39 is 25.0 Å². The van der Waals surface area contributed by atoms with Crippen molar-refractivity contribution in [1.29, 1.82) is 0 Å². The van der Waals surface area contributed by atoms with E-state index in [-0.39, 0.29) is 38.0 Å². The third kappa shape index (κ3) is 10.6. The molecule has 14 heteroatoms. The smallest absolute Gasteiger partial charge is 0.317 e. The second-order valence-corrected chi connectivity index (χ2v) is 13.5. The number of hydrogen-bond acceptors (Lipinski definition) is 10. The lowest BCUT2D eigenvalue weighted by atomic mass is 10.1. The van der Waals surface area contributed by atoms with Gasteiger partial charge in [-0.3, -0.25) is 29.0 Å². The number of rotatable bonds is 21. The number of nitrogens with one attached hydrogen (secondary N) is 4. The molecule has 6 rings (SSSR count). The number of benzene rings is 4. The van der Waals surface area contributed by atoms with Gasteiger partial charge in [0.25, 0.3) is 0 Å². The van der Waals surface area contributed by atoms with Gasteiger partial charge in [0.2, 0.25) is 11.8 Å². The molecule has 0 spiro atoms. The Balaban J connectivity index is 0.939. The van der Waals surface area contributed by atoms with Gasteiger partial charge in [0, 0.05) is 60.8 Å². The Labute approximate surface area is 323 Å². The second-order valence-electron chi connectivity index (χ2n) is 13.5. The minimum absolute atomic E-state index is 0.0712. The van der Waals surface area contributed by atoms with Crippen molar-refractivity contribution in [2.45, 2.75) is 12.8 Å². The van der Waals surface area contributed by atoms with Crippen molar-refractivity contribution >= 4 is 78.7 Å². The quantitative estimate of drug-likeness (QED) is 0.0449. The Morgan fingerprint density at radius 3 is 1.11 bits per heavy atom. The van der Waals surface area contributed by atoms with Crippen molar-refractivity contribution in [3.63, 3.8) is 0 Å². The van der Waals surface area contributed by atoms with Gasteiger partial charge in [-0.1, -0.05) is 72.8 Å². The van der Waals surface area contributed by atoms with Gasteiger partial charge in [0.1, 0.15) is 0 Å². The van der Waals surface area contributed by atoms with E-state index in [4.69, 9.17) is 9.97 Å². The summed E-state index contributed by atoms with van der Waals surface area (Å²) in [5.74, 6) is -2.95. The summed E-state index contributed by atoms with van der Waals surface area (Å²) < 4.78 is 0. The first-order valence-electron chi connectivity index (χ1n) is 18.7. The number of anilines is 2. The van der Waals surface area contributed by atoms with E-state index in [0.717, 1.165) is 55.0 Å². The average molecular weight is 759 g/mol. The second kappa shape index (κ2) is 19.3. The molecular weight excluding hydrogens is 713 g/mol. The summed E-state index contributed by atoms with van der Waals surface area (Å²) in [5.41, 5.74) is 5.50. The minimum atomic E-state index is -1.12. The number of carbonyl (C=O) groups excluding carboxylic acids is 2. The number of aliphatic carboxylic acids is 2. The van der Waals surface area contributed by atoms with Crippen LogP contribution < -0.4 is 21.3 Å². The number of aromatic nitrogens is 2. The fourth-order valence-corrected chi connectivity index (χ4v) is 6.73. The Morgan fingerprint density at radius 1 is 0.464 bits per heavy atom. The molecule has 6 aromatic rings. The molecule has 14 nitrogen and oxygen atoms in total. The molecule has 6 N–H and O–H groups in total. The summed E-state index contributed by atoms with van der Waals surface area (Å²) in [6, 6.07) is 31.6. The molecular formula is C42H46N8O6. The van der Waals surface area contributed by atoms with Crippen LogP contribution in [0.2, 0.25) is 0 Å². The third-order valence-corrected chi connectivity index (χ3v) is 9.31. The Morgan fingerprint density at radius 2 is 0.786 bits per heavy atom. The molecule has 0 aliphatic heterocycles. The number of amides is 2. The molecule has 0 atom stereocenters. The number of para-hydroxylation sites is 4. The monoisotopic (exact) mass is 758 g/mol. The summed E-state index contributed by atoms with van der Waals surface area (Å²) >= 11 is 0. The highest BCUT2D eigenvalue weighted by atomic mass is 16.4. The lowest BCUT2D eigenvalue weighted by molar-refractivity contribution is -0.141. The van der Waals surface area contributed by atoms with Crippen LogP contribution in [0.25, 0.3) is 43.6 Å². The van der Waals surface area contributed by atoms with Crippen molar-refractivity contribution in [3.8, 4) is 0 Å². The van der Waals surface area contributed by atoms with E-state index >= 15 is 0 Å². The largest absolute Gasteiger partial charge is 0.480 e. The molecule has 0 fully saturated rings. The molecule has 0 radical (unpaired) electrons. The fourth-order valence-electron chi connectivity index (χ4n) is 6.73. The summed E-state index contributed by atoms with van der Waals surface area (Å²) in [5, 5.41) is 35.8. The van der Waals surface area contributed by atoms with Crippen LogP contribution in [-0.4, -0.2) is 119 Å². The van der Waals surface area contributed by atoms with Gasteiger partial charge in [-0.2, -0.15) is 0 Å². The van der Waals surface area contributed by atoms with Gasteiger partial charge in [0.05, 0.1) is 59.6 Å². The van der Waals surface area contributed by atoms with Crippen LogP contribution in [0.3, 0.4) is 0 Å². The van der Waals surface area contributed by atoms with E-state index in [0.29, 0.717) is 39.0 Å². The van der Waals surface area contributed by atoms with Crippen LogP contribution >= 0.6 is 0 Å². The lowest BCUT2D eigenvalue weighted by Gasteiger charge is -2.25. The molecule has 56 heavy (non-hydrogen) atoms. The first-order chi connectivity index (χ1) is 27.2. The highest BCUT2D eigenvalue weighted by molar-refractivity contribution is 6.08. The first kappa shape index (κ1) is 39.3. The predicted octanol–water partition coefficient (Wildman–Crippen LogP) is 4.40. The van der Waals surface area contributed by atoms with Crippen LogP contribution in [0.15, 0.2) is 97.1 Å². The number of carboxylic acid groups (broad SMARTS) is 2. The Hall–Kier alpha value is -6.38. The first-order valence-corrected chi connectivity index (χ1v) is 18.7. The fraction of sp³-hybridized carbons (Fsp3) is 0.286. The highest BCUT2D eigenvalue weighted by Gasteiger charge is 2.19. The molecule has 290 valence electrons. The van der Waals surface area contributed by atoms with Crippen molar-refractivity contribution in [3.05, 3.63) is 97.1 Å². The van der Waals surface area contributed by atoms with E-state index in [1.807, 2.05) is 97.1 Å². The third-order valence-electron chi connectivity index (χ3n) is 9.31. The normalized spacial score (nSPS) is 11.4. The average Bonchev–Trinajstić information content (AvgIpc) is 3.18. The SMILES string of the molecule is O=C(O)CN(CCN(CC(=O)O)CC(=O)NCCCNc1c2ccccc2nc2ccccc12)CC(=O)NCCCNc1c2ccccc2nc2ccccc12. The van der Waals surface area contributed by atoms with Gasteiger partial charge < -0.3 is 31.5 Å². The molecule has 0 saturated heterocycles. The van der Waals surface area contributed by atoms with Crippen molar-refractivity contribution < 1.29 is 29.4 Å². The summed E-state index contributed by atoms with van der Waals surface area (Å²) in [7, 11) is 0. The molecule has 2 aromatic heterocycles. The maximum absolute atomic E-state index is 12.9. The zero-order chi connectivity index (χ0) is 39.3. The molecule has 0 saturated carbocycles. The van der Waals surface area contributed by atoms with Crippen molar-refractivity contribution in [1.82, 2.24) is 30.4 Å². The number of carbonyl (C=O) groups is 4. The number of hydrogen-bond donors (Lipinski definition) is 6. The molecule has 0 unspecified atom stereocenters. The van der Waals surface area contributed by atoms with E-state index in [9.17, 15) is 29.4 Å². The number of fused-ring (bicyclic) bond motifs is 4. The van der Waals surface area contributed by atoms with Gasteiger partial charge >= 0.3 is 11.9 Å².